The quantitative estimate of drug-likeness (QED) is 0.846. The van der Waals surface area contributed by atoms with Crippen LogP contribution in [0.3, 0.4) is 0 Å². The topological polar surface area (TPSA) is 68.0 Å². The Morgan fingerprint density at radius 1 is 1.30 bits per heavy atom. The highest BCUT2D eigenvalue weighted by molar-refractivity contribution is 7.80. The minimum Gasteiger partial charge on any atom is -0.392 e. The van der Waals surface area contributed by atoms with Crippen LogP contribution in [0.5, 0.6) is 0 Å². The monoisotopic (exact) mass is 285 g/mol. The largest absolute Gasteiger partial charge is 0.392 e. The summed E-state index contributed by atoms with van der Waals surface area (Å²) in [6, 6.07) is 11.1. The van der Waals surface area contributed by atoms with Crippen LogP contribution in [-0.2, 0) is 4.79 Å². The first-order valence-corrected chi connectivity index (χ1v) is 6.55. The van der Waals surface area contributed by atoms with Gasteiger partial charge in [0.2, 0.25) is 5.91 Å². The second-order valence-corrected chi connectivity index (χ2v) is 4.96. The van der Waals surface area contributed by atoms with E-state index in [4.69, 9.17) is 18.0 Å². The molecule has 1 atom stereocenters. The summed E-state index contributed by atoms with van der Waals surface area (Å²) in [4.78, 5) is 16.5. The third kappa shape index (κ3) is 3.39. The summed E-state index contributed by atoms with van der Waals surface area (Å²) in [5.74, 6) is -0.900. The summed E-state index contributed by atoms with van der Waals surface area (Å²) in [6.45, 7) is 1.91. The molecule has 0 radical (unpaired) electrons. The number of nitrogens with two attached hydrogens (primary N) is 1. The van der Waals surface area contributed by atoms with Gasteiger partial charge in [-0.2, -0.15) is 0 Å². The third-order valence-corrected chi connectivity index (χ3v) is 3.06. The molecule has 2 aromatic rings. The maximum absolute atomic E-state index is 12.4. The summed E-state index contributed by atoms with van der Waals surface area (Å²) in [6.07, 6.45) is 3.31. The Hall–Kier alpha value is -2.27. The molecule has 0 aliphatic heterocycles. The van der Waals surface area contributed by atoms with E-state index >= 15 is 0 Å². The van der Waals surface area contributed by atoms with E-state index in [0.29, 0.717) is 5.69 Å². The number of hydrogen-bond acceptors (Lipinski definition) is 3. The molecule has 4 nitrogen and oxygen atoms in total. The molecular formula is C15H15N3OS. The van der Waals surface area contributed by atoms with Gasteiger partial charge < -0.3 is 11.1 Å². The van der Waals surface area contributed by atoms with Gasteiger partial charge in [0.15, 0.2) is 0 Å². The van der Waals surface area contributed by atoms with Crippen LogP contribution in [0.15, 0.2) is 48.8 Å². The van der Waals surface area contributed by atoms with Crippen LogP contribution in [0.25, 0.3) is 0 Å². The molecule has 0 saturated carbocycles. The summed E-state index contributed by atoms with van der Waals surface area (Å²) < 4.78 is 0. The number of pyridine rings is 1. The number of benzene rings is 1. The van der Waals surface area contributed by atoms with Gasteiger partial charge in [-0.05, 0) is 24.1 Å². The van der Waals surface area contributed by atoms with Gasteiger partial charge in [0.25, 0.3) is 0 Å². The Bertz CT molecular complexity index is 628. The molecule has 0 aliphatic carbocycles. The smallest absolute Gasteiger partial charge is 0.238 e. The zero-order valence-corrected chi connectivity index (χ0v) is 11.9. The Balaban J connectivity index is 2.23. The second kappa shape index (κ2) is 6.25. The van der Waals surface area contributed by atoms with Crippen LogP contribution in [0, 0.1) is 6.92 Å². The normalized spacial score (nSPS) is 11.7. The molecule has 1 unspecified atom stereocenters. The van der Waals surface area contributed by atoms with E-state index in [1.165, 1.54) is 0 Å². The van der Waals surface area contributed by atoms with Crippen molar-refractivity contribution in [3.8, 4) is 0 Å². The number of aryl methyl sites for hydroxylation is 1. The highest BCUT2D eigenvalue weighted by Gasteiger charge is 2.23. The molecule has 5 heteroatoms. The van der Waals surface area contributed by atoms with Gasteiger partial charge in [0, 0.05) is 6.20 Å². The van der Waals surface area contributed by atoms with Crippen molar-refractivity contribution in [3.63, 3.8) is 0 Å². The molecule has 1 heterocycles. The van der Waals surface area contributed by atoms with Crippen molar-refractivity contribution in [2.45, 2.75) is 12.8 Å². The van der Waals surface area contributed by atoms with Crippen LogP contribution in [0.1, 0.15) is 17.0 Å². The molecule has 1 aromatic carbocycles. The molecule has 0 bridgehead atoms. The predicted molar refractivity (Wildman–Crippen MR) is 83.6 cm³/mol. The van der Waals surface area contributed by atoms with Gasteiger partial charge in [-0.1, -0.05) is 42.5 Å². The number of rotatable bonds is 4. The van der Waals surface area contributed by atoms with E-state index in [1.54, 1.807) is 12.4 Å². The molecule has 0 aliphatic rings. The van der Waals surface area contributed by atoms with Crippen LogP contribution in [-0.4, -0.2) is 15.9 Å². The van der Waals surface area contributed by atoms with Crippen LogP contribution in [0.4, 0.5) is 5.69 Å². The Kier molecular flexibility index (Phi) is 4.42. The number of thiocarbonyl (C=S) groups is 1. The number of nitrogens with one attached hydrogen (secondary N) is 1. The van der Waals surface area contributed by atoms with E-state index in [-0.39, 0.29) is 10.9 Å². The number of hydrogen-bond donors (Lipinski definition) is 2. The molecular weight excluding hydrogens is 270 g/mol. The van der Waals surface area contributed by atoms with Crippen LogP contribution < -0.4 is 11.1 Å². The first-order valence-electron chi connectivity index (χ1n) is 6.14. The lowest BCUT2D eigenvalue weighted by Gasteiger charge is -2.16. The van der Waals surface area contributed by atoms with Gasteiger partial charge in [-0.25, -0.2) is 0 Å². The Labute approximate surface area is 123 Å². The lowest BCUT2D eigenvalue weighted by atomic mass is 9.98. The zero-order chi connectivity index (χ0) is 14.5. The van der Waals surface area contributed by atoms with Crippen LogP contribution >= 0.6 is 12.2 Å². The van der Waals surface area contributed by atoms with Crippen molar-refractivity contribution >= 4 is 28.8 Å². The lowest BCUT2D eigenvalue weighted by Crippen LogP contribution is -2.31. The minimum absolute atomic E-state index is 0.148. The predicted octanol–water partition coefficient (Wildman–Crippen LogP) is 2.40. The summed E-state index contributed by atoms with van der Waals surface area (Å²) >= 11 is 5.02. The van der Waals surface area contributed by atoms with Crippen molar-refractivity contribution in [1.29, 1.82) is 0 Å². The highest BCUT2D eigenvalue weighted by atomic mass is 32.1. The zero-order valence-electron chi connectivity index (χ0n) is 11.0. The fourth-order valence-electron chi connectivity index (χ4n) is 1.93. The average Bonchev–Trinajstić information content (AvgIpc) is 2.39. The van der Waals surface area contributed by atoms with Crippen LogP contribution in [0.2, 0.25) is 0 Å². The molecule has 1 amide bonds. The molecule has 0 fully saturated rings. The lowest BCUT2D eigenvalue weighted by molar-refractivity contribution is -0.116. The second-order valence-electron chi connectivity index (χ2n) is 4.49. The number of amides is 1. The average molecular weight is 285 g/mol. The van der Waals surface area contributed by atoms with Gasteiger partial charge in [0.05, 0.1) is 16.9 Å². The van der Waals surface area contributed by atoms with Gasteiger partial charge >= 0.3 is 0 Å². The van der Waals surface area contributed by atoms with Gasteiger partial charge in [-0.3, -0.25) is 9.78 Å². The van der Waals surface area contributed by atoms with E-state index in [1.807, 2.05) is 43.3 Å². The van der Waals surface area contributed by atoms with Crippen molar-refractivity contribution in [3.05, 3.63) is 59.9 Å². The standard InChI is InChI=1S/C15H15N3OS/c1-10-7-12(9-17-8-10)18-15(19)13(14(16)20)11-5-3-2-4-6-11/h2-9,13H,1H3,(H2,16,20)(H,18,19). The van der Waals surface area contributed by atoms with E-state index < -0.39 is 5.92 Å². The SMILES string of the molecule is Cc1cncc(NC(=O)C(C(N)=S)c2ccccc2)c1. The van der Waals surface area contributed by atoms with E-state index in [0.717, 1.165) is 11.1 Å². The van der Waals surface area contributed by atoms with E-state index in [9.17, 15) is 4.79 Å². The number of aromatic nitrogens is 1. The van der Waals surface area contributed by atoms with Crippen molar-refractivity contribution in [2.24, 2.45) is 5.73 Å². The molecule has 3 N–H and O–H groups in total. The number of anilines is 1. The fourth-order valence-corrected chi connectivity index (χ4v) is 2.17. The maximum Gasteiger partial charge on any atom is 0.238 e. The van der Waals surface area contributed by atoms with Crippen molar-refractivity contribution in [1.82, 2.24) is 4.98 Å². The number of nitrogens with zero attached hydrogens (tertiary/aromatic N) is 1. The van der Waals surface area contributed by atoms with E-state index in [2.05, 4.69) is 10.3 Å². The first kappa shape index (κ1) is 14.1. The Morgan fingerprint density at radius 2 is 2.00 bits per heavy atom. The highest BCUT2D eigenvalue weighted by Crippen LogP contribution is 2.19. The number of carbonyl (C=O) groups is 1. The molecule has 0 saturated heterocycles. The fraction of sp³-hybridized carbons (Fsp3) is 0.133. The summed E-state index contributed by atoms with van der Waals surface area (Å²) in [7, 11) is 0. The summed E-state index contributed by atoms with van der Waals surface area (Å²) in [5.41, 5.74) is 8.08. The Morgan fingerprint density at radius 3 is 2.60 bits per heavy atom. The molecule has 2 rings (SSSR count). The maximum atomic E-state index is 12.4. The summed E-state index contributed by atoms with van der Waals surface area (Å²) in [5, 5.41) is 2.79. The number of carbonyl (C=O) groups excluding carboxylic acids is 1. The first-order chi connectivity index (χ1) is 9.58. The van der Waals surface area contributed by atoms with Crippen molar-refractivity contribution in [2.75, 3.05) is 5.32 Å². The molecule has 0 spiro atoms. The van der Waals surface area contributed by atoms with Crippen molar-refractivity contribution < 1.29 is 4.79 Å². The molecule has 20 heavy (non-hydrogen) atoms. The third-order valence-electron chi connectivity index (χ3n) is 2.82. The van der Waals surface area contributed by atoms with Gasteiger partial charge in [0.1, 0.15) is 5.92 Å². The molecule has 102 valence electrons. The van der Waals surface area contributed by atoms with Gasteiger partial charge in [-0.15, -0.1) is 0 Å². The molecule has 1 aromatic heterocycles. The minimum atomic E-state index is -0.647.